The second-order valence-electron chi connectivity index (χ2n) is 3.58. The number of nitrogens with two attached hydrogens (primary N) is 1. The summed E-state index contributed by atoms with van der Waals surface area (Å²) in [7, 11) is 0. The van der Waals surface area contributed by atoms with E-state index in [1.54, 1.807) is 11.8 Å². The van der Waals surface area contributed by atoms with Gasteiger partial charge in [-0.3, -0.25) is 4.79 Å². The van der Waals surface area contributed by atoms with Crippen LogP contribution in [-0.4, -0.2) is 41.9 Å². The zero-order valence-corrected chi connectivity index (χ0v) is 10.8. The van der Waals surface area contributed by atoms with Crippen molar-refractivity contribution < 1.29 is 4.79 Å². The molecular weight excluding hydrogens is 208 g/mol. The first-order chi connectivity index (χ1) is 7.26. The molecule has 0 fully saturated rings. The van der Waals surface area contributed by atoms with E-state index in [-0.39, 0.29) is 5.91 Å². The van der Waals surface area contributed by atoms with Crippen LogP contribution in [0.3, 0.4) is 0 Å². The molecule has 0 aromatic carbocycles. The Bertz CT molecular complexity index is 159. The average Bonchev–Trinajstić information content (AvgIpc) is 2.24. The van der Waals surface area contributed by atoms with Crippen LogP contribution in [-0.2, 0) is 4.79 Å². The van der Waals surface area contributed by atoms with E-state index in [0.29, 0.717) is 5.75 Å². The number of carbonyl (C=O) groups excluding carboxylic acids is 1. The fourth-order valence-electron chi connectivity index (χ4n) is 1.34. The van der Waals surface area contributed by atoms with E-state index in [9.17, 15) is 4.79 Å². The predicted octanol–water partition coefficient (Wildman–Crippen LogP) is 1.72. The first-order valence-electron chi connectivity index (χ1n) is 5.81. The molecule has 0 aromatic rings. The van der Waals surface area contributed by atoms with E-state index >= 15 is 0 Å². The van der Waals surface area contributed by atoms with Crippen molar-refractivity contribution in [3.8, 4) is 0 Å². The average molecular weight is 232 g/mol. The van der Waals surface area contributed by atoms with Crippen LogP contribution in [0.1, 0.15) is 33.1 Å². The van der Waals surface area contributed by atoms with Gasteiger partial charge in [-0.05, 0) is 31.6 Å². The molecule has 2 N–H and O–H groups in total. The smallest absolute Gasteiger partial charge is 0.232 e. The molecule has 0 heterocycles. The standard InChI is InChI=1S/C11H24N2OS/c1-3-7-13(8-4-2)11(14)10-15-9-5-6-12/h3-10,12H2,1-2H3. The van der Waals surface area contributed by atoms with E-state index in [1.165, 1.54) is 0 Å². The molecule has 0 unspecified atom stereocenters. The fourth-order valence-corrected chi connectivity index (χ4v) is 2.21. The van der Waals surface area contributed by atoms with Gasteiger partial charge in [-0.2, -0.15) is 11.8 Å². The van der Waals surface area contributed by atoms with Crippen LogP contribution < -0.4 is 5.73 Å². The number of hydrogen-bond donors (Lipinski definition) is 1. The Hall–Kier alpha value is -0.220. The van der Waals surface area contributed by atoms with Gasteiger partial charge in [0.15, 0.2) is 0 Å². The summed E-state index contributed by atoms with van der Waals surface area (Å²) in [5, 5.41) is 0. The normalized spacial score (nSPS) is 10.3. The van der Waals surface area contributed by atoms with Gasteiger partial charge in [0.2, 0.25) is 5.91 Å². The summed E-state index contributed by atoms with van der Waals surface area (Å²) in [5.41, 5.74) is 5.39. The number of hydrogen-bond acceptors (Lipinski definition) is 3. The molecule has 1 amide bonds. The minimum Gasteiger partial charge on any atom is -0.342 e. The third-order valence-corrected chi connectivity index (χ3v) is 3.09. The van der Waals surface area contributed by atoms with E-state index in [0.717, 1.165) is 44.6 Å². The Balaban J connectivity index is 3.70. The van der Waals surface area contributed by atoms with Gasteiger partial charge in [0.25, 0.3) is 0 Å². The first-order valence-corrected chi connectivity index (χ1v) is 6.97. The third kappa shape index (κ3) is 7.68. The van der Waals surface area contributed by atoms with Gasteiger partial charge in [0.05, 0.1) is 5.75 Å². The molecule has 15 heavy (non-hydrogen) atoms. The van der Waals surface area contributed by atoms with Crippen molar-refractivity contribution in [2.75, 3.05) is 31.1 Å². The van der Waals surface area contributed by atoms with Crippen LogP contribution in [0, 0.1) is 0 Å². The van der Waals surface area contributed by atoms with Crippen molar-refractivity contribution in [2.45, 2.75) is 33.1 Å². The van der Waals surface area contributed by atoms with Crippen molar-refractivity contribution >= 4 is 17.7 Å². The molecule has 3 nitrogen and oxygen atoms in total. The molecule has 0 atom stereocenters. The second kappa shape index (κ2) is 10.3. The highest BCUT2D eigenvalue weighted by Crippen LogP contribution is 2.05. The van der Waals surface area contributed by atoms with Crippen molar-refractivity contribution in [2.24, 2.45) is 5.73 Å². The number of carbonyl (C=O) groups is 1. The van der Waals surface area contributed by atoms with Gasteiger partial charge >= 0.3 is 0 Å². The Kier molecular flexibility index (Phi) is 10.2. The van der Waals surface area contributed by atoms with E-state index < -0.39 is 0 Å². The minimum absolute atomic E-state index is 0.278. The molecule has 0 rings (SSSR count). The zero-order chi connectivity index (χ0) is 11.5. The van der Waals surface area contributed by atoms with E-state index in [2.05, 4.69) is 13.8 Å². The zero-order valence-electron chi connectivity index (χ0n) is 10.00. The highest BCUT2D eigenvalue weighted by molar-refractivity contribution is 7.99. The topological polar surface area (TPSA) is 46.3 Å². The van der Waals surface area contributed by atoms with Gasteiger partial charge in [0.1, 0.15) is 0 Å². The number of amides is 1. The number of nitrogens with zero attached hydrogens (tertiary/aromatic N) is 1. The second-order valence-corrected chi connectivity index (χ2v) is 4.68. The fraction of sp³-hybridized carbons (Fsp3) is 0.909. The van der Waals surface area contributed by atoms with Crippen LogP contribution in [0.25, 0.3) is 0 Å². The lowest BCUT2D eigenvalue weighted by Crippen LogP contribution is -2.33. The molecule has 0 saturated heterocycles. The summed E-state index contributed by atoms with van der Waals surface area (Å²) in [4.78, 5) is 13.7. The van der Waals surface area contributed by atoms with E-state index in [4.69, 9.17) is 5.73 Å². The SMILES string of the molecule is CCCN(CCC)C(=O)CSCCCN. The highest BCUT2D eigenvalue weighted by Gasteiger charge is 2.10. The summed E-state index contributed by atoms with van der Waals surface area (Å²) in [5.74, 6) is 1.88. The number of thioether (sulfide) groups is 1. The minimum atomic E-state index is 0.278. The molecular formula is C11H24N2OS. The maximum Gasteiger partial charge on any atom is 0.232 e. The molecule has 0 radical (unpaired) electrons. The first kappa shape index (κ1) is 14.8. The van der Waals surface area contributed by atoms with E-state index in [1.807, 2.05) is 4.90 Å². The summed E-state index contributed by atoms with van der Waals surface area (Å²) in [6, 6.07) is 0. The van der Waals surface area contributed by atoms with Crippen molar-refractivity contribution in [1.82, 2.24) is 4.90 Å². The highest BCUT2D eigenvalue weighted by atomic mass is 32.2. The monoisotopic (exact) mass is 232 g/mol. The molecule has 0 bridgehead atoms. The lowest BCUT2D eigenvalue weighted by Gasteiger charge is -2.21. The van der Waals surface area contributed by atoms with Crippen molar-refractivity contribution in [3.63, 3.8) is 0 Å². The largest absolute Gasteiger partial charge is 0.342 e. The Morgan fingerprint density at radius 1 is 1.27 bits per heavy atom. The Labute approximate surface area is 97.8 Å². The summed E-state index contributed by atoms with van der Waals surface area (Å²) >= 11 is 1.69. The molecule has 0 aromatic heterocycles. The van der Waals surface area contributed by atoms with Gasteiger partial charge < -0.3 is 10.6 Å². The molecule has 4 heteroatoms. The van der Waals surface area contributed by atoms with Gasteiger partial charge in [0, 0.05) is 13.1 Å². The van der Waals surface area contributed by atoms with Crippen LogP contribution in [0.15, 0.2) is 0 Å². The molecule has 0 aliphatic rings. The molecule has 0 aliphatic heterocycles. The van der Waals surface area contributed by atoms with Crippen LogP contribution in [0.2, 0.25) is 0 Å². The lowest BCUT2D eigenvalue weighted by molar-refractivity contribution is -0.128. The van der Waals surface area contributed by atoms with Gasteiger partial charge in [-0.1, -0.05) is 13.8 Å². The molecule has 0 aliphatic carbocycles. The van der Waals surface area contributed by atoms with Crippen molar-refractivity contribution in [3.05, 3.63) is 0 Å². The van der Waals surface area contributed by atoms with Crippen LogP contribution >= 0.6 is 11.8 Å². The summed E-state index contributed by atoms with van der Waals surface area (Å²) < 4.78 is 0. The summed E-state index contributed by atoms with van der Waals surface area (Å²) in [6.07, 6.45) is 3.08. The lowest BCUT2D eigenvalue weighted by atomic mass is 10.3. The molecule has 0 saturated carbocycles. The molecule has 90 valence electrons. The Morgan fingerprint density at radius 2 is 1.87 bits per heavy atom. The maximum absolute atomic E-state index is 11.8. The molecule has 0 spiro atoms. The Morgan fingerprint density at radius 3 is 2.33 bits per heavy atom. The quantitative estimate of drug-likeness (QED) is 0.616. The van der Waals surface area contributed by atoms with Crippen LogP contribution in [0.4, 0.5) is 0 Å². The maximum atomic E-state index is 11.8. The van der Waals surface area contributed by atoms with Crippen molar-refractivity contribution in [1.29, 1.82) is 0 Å². The number of rotatable bonds is 9. The summed E-state index contributed by atoms with van der Waals surface area (Å²) in [6.45, 7) is 6.72. The van der Waals surface area contributed by atoms with Gasteiger partial charge in [-0.25, -0.2) is 0 Å². The van der Waals surface area contributed by atoms with Gasteiger partial charge in [-0.15, -0.1) is 0 Å². The predicted molar refractivity (Wildman–Crippen MR) is 68.2 cm³/mol. The van der Waals surface area contributed by atoms with Crippen LogP contribution in [0.5, 0.6) is 0 Å². The third-order valence-electron chi connectivity index (χ3n) is 2.06.